The van der Waals surface area contributed by atoms with Crippen LogP contribution in [-0.4, -0.2) is 26.5 Å². The zero-order valence-electron chi connectivity index (χ0n) is 19.0. The second-order valence-corrected chi connectivity index (χ2v) is 10.8. The van der Waals surface area contributed by atoms with Gasteiger partial charge in [-0.15, -0.1) is 11.8 Å². The summed E-state index contributed by atoms with van der Waals surface area (Å²) in [5.41, 5.74) is 6.73. The average molecular weight is 466 g/mol. The van der Waals surface area contributed by atoms with Gasteiger partial charge in [0.05, 0.1) is 22.0 Å². The van der Waals surface area contributed by atoms with Crippen LogP contribution in [0.4, 0.5) is 5.69 Å². The van der Waals surface area contributed by atoms with Crippen molar-refractivity contribution in [2.75, 3.05) is 11.1 Å². The highest BCUT2D eigenvalue weighted by molar-refractivity contribution is 8.00. The van der Waals surface area contributed by atoms with E-state index in [1.165, 1.54) is 11.8 Å². The smallest absolute Gasteiger partial charge is 0.272 e. The van der Waals surface area contributed by atoms with E-state index in [9.17, 15) is 9.59 Å². The molecule has 166 valence electrons. The molecule has 1 aliphatic rings. The van der Waals surface area contributed by atoms with Crippen molar-refractivity contribution in [2.45, 2.75) is 56.3 Å². The molecule has 1 atom stereocenters. The Labute approximate surface area is 197 Å². The topological polar surface area (TPSA) is 64.0 Å². The second kappa shape index (κ2) is 9.16. The summed E-state index contributed by atoms with van der Waals surface area (Å²) in [5, 5.41) is 3.86. The molecule has 1 unspecified atom stereocenters. The number of amides is 1. The van der Waals surface area contributed by atoms with E-state index in [0.717, 1.165) is 50.6 Å². The van der Waals surface area contributed by atoms with E-state index in [1.807, 2.05) is 58.0 Å². The van der Waals surface area contributed by atoms with Crippen LogP contribution in [0.1, 0.15) is 34.9 Å². The normalized spacial score (nSPS) is 15.0. The van der Waals surface area contributed by atoms with Gasteiger partial charge in [0.25, 0.3) is 5.56 Å². The van der Waals surface area contributed by atoms with E-state index in [4.69, 9.17) is 4.98 Å². The number of carbonyl (C=O) groups is 1. The lowest BCUT2D eigenvalue weighted by atomic mass is 10.1. The van der Waals surface area contributed by atoms with E-state index in [2.05, 4.69) is 18.3 Å². The first-order valence-corrected chi connectivity index (χ1v) is 12.5. The lowest BCUT2D eigenvalue weighted by molar-refractivity contribution is -0.113. The minimum atomic E-state index is -0.119. The molecule has 1 N–H and O–H groups in total. The first-order chi connectivity index (χ1) is 15.2. The molecule has 1 amide bonds. The minimum absolute atomic E-state index is 0.0494. The molecular formula is C25H27N3O2S2. The van der Waals surface area contributed by atoms with Crippen LogP contribution in [0, 0.1) is 27.7 Å². The van der Waals surface area contributed by atoms with Crippen molar-refractivity contribution >= 4 is 35.1 Å². The number of nitrogens with zero attached hydrogens (tertiary/aromatic N) is 2. The molecule has 4 rings (SSSR count). The molecule has 0 aliphatic carbocycles. The largest absolute Gasteiger partial charge is 0.325 e. The van der Waals surface area contributed by atoms with E-state index in [-0.39, 0.29) is 17.2 Å². The summed E-state index contributed by atoms with van der Waals surface area (Å²) < 4.78 is 1.67. The number of thioether (sulfide) groups is 2. The summed E-state index contributed by atoms with van der Waals surface area (Å²) in [4.78, 5) is 31.7. The van der Waals surface area contributed by atoms with Crippen molar-refractivity contribution < 1.29 is 4.79 Å². The molecule has 2 heterocycles. The number of carbonyl (C=O) groups excluding carboxylic acids is 1. The van der Waals surface area contributed by atoms with E-state index < -0.39 is 0 Å². The molecule has 0 radical (unpaired) electrons. The zero-order valence-corrected chi connectivity index (χ0v) is 20.6. The maximum atomic E-state index is 13.5. The third-order valence-corrected chi connectivity index (χ3v) is 7.49. The van der Waals surface area contributed by atoms with Crippen LogP contribution in [0.3, 0.4) is 0 Å². The Kier molecular flexibility index (Phi) is 6.49. The highest BCUT2D eigenvalue weighted by atomic mass is 32.2. The molecule has 1 aromatic heterocycles. The standard InChI is InChI=1S/C25H27N3O2S2/c1-14-6-7-20(17(4)9-14)26-22(29)13-31-25-27-21-12-18(5)32-23(21)24(30)28(25)19-10-15(2)8-16(3)11-19/h6-11,18H,12-13H2,1-5H3,(H,26,29). The lowest BCUT2D eigenvalue weighted by Gasteiger charge is -2.15. The van der Waals surface area contributed by atoms with Gasteiger partial charge in [0, 0.05) is 17.4 Å². The maximum absolute atomic E-state index is 13.5. The summed E-state index contributed by atoms with van der Waals surface area (Å²) in [6.07, 6.45) is 0.769. The molecule has 0 fully saturated rings. The average Bonchev–Trinajstić information content (AvgIpc) is 3.08. The van der Waals surface area contributed by atoms with Crippen molar-refractivity contribution in [1.82, 2.24) is 9.55 Å². The molecule has 1 aliphatic heterocycles. The van der Waals surface area contributed by atoms with Crippen LogP contribution in [0.2, 0.25) is 0 Å². The Morgan fingerprint density at radius 1 is 1.12 bits per heavy atom. The Hall–Kier alpha value is -2.51. The van der Waals surface area contributed by atoms with Gasteiger partial charge in [-0.3, -0.25) is 14.2 Å². The van der Waals surface area contributed by atoms with Crippen LogP contribution in [0.25, 0.3) is 5.69 Å². The number of nitrogens with one attached hydrogen (secondary N) is 1. The zero-order chi connectivity index (χ0) is 23.0. The number of anilines is 1. The Balaban J connectivity index is 1.65. The molecule has 0 bridgehead atoms. The van der Waals surface area contributed by atoms with Gasteiger partial charge in [0.15, 0.2) is 5.16 Å². The van der Waals surface area contributed by atoms with Crippen LogP contribution in [-0.2, 0) is 11.2 Å². The summed E-state index contributed by atoms with van der Waals surface area (Å²) >= 11 is 2.89. The third kappa shape index (κ3) is 4.79. The molecule has 3 aromatic rings. The fourth-order valence-corrected chi connectivity index (χ4v) is 5.90. The van der Waals surface area contributed by atoms with Crippen LogP contribution in [0.15, 0.2) is 51.2 Å². The number of fused-ring (bicyclic) bond motifs is 1. The molecule has 5 nitrogen and oxygen atoms in total. The monoisotopic (exact) mass is 465 g/mol. The number of hydrogen-bond donors (Lipinski definition) is 1. The van der Waals surface area contributed by atoms with Crippen molar-refractivity contribution in [1.29, 1.82) is 0 Å². The molecule has 32 heavy (non-hydrogen) atoms. The van der Waals surface area contributed by atoms with Gasteiger partial charge in [0.2, 0.25) is 5.91 Å². The number of rotatable bonds is 5. The minimum Gasteiger partial charge on any atom is -0.325 e. The van der Waals surface area contributed by atoms with E-state index in [1.54, 1.807) is 16.3 Å². The van der Waals surface area contributed by atoms with Crippen molar-refractivity contribution in [2.24, 2.45) is 0 Å². The number of aromatic nitrogens is 2. The molecule has 0 spiro atoms. The highest BCUT2D eigenvalue weighted by Crippen LogP contribution is 2.35. The number of benzene rings is 2. The Morgan fingerprint density at radius 3 is 2.53 bits per heavy atom. The lowest BCUT2D eigenvalue weighted by Crippen LogP contribution is -2.25. The summed E-state index contributed by atoms with van der Waals surface area (Å²) in [5.74, 6) is 0.0536. The molecule has 7 heteroatoms. The van der Waals surface area contributed by atoms with Gasteiger partial charge in [-0.2, -0.15) is 0 Å². The molecule has 0 saturated carbocycles. The third-order valence-electron chi connectivity index (χ3n) is 5.33. The Morgan fingerprint density at radius 2 is 1.84 bits per heavy atom. The van der Waals surface area contributed by atoms with Crippen LogP contribution >= 0.6 is 23.5 Å². The van der Waals surface area contributed by atoms with Gasteiger partial charge in [-0.05, 0) is 62.6 Å². The van der Waals surface area contributed by atoms with Crippen molar-refractivity contribution in [3.8, 4) is 5.69 Å². The fourth-order valence-electron chi connectivity index (χ4n) is 3.97. The Bertz CT molecular complexity index is 1250. The SMILES string of the molecule is Cc1cc(C)cc(-n2c(SCC(=O)Nc3ccc(C)cc3C)nc3c(c2=O)SC(C)C3)c1. The molecule has 0 saturated heterocycles. The van der Waals surface area contributed by atoms with Gasteiger partial charge < -0.3 is 5.32 Å². The predicted octanol–water partition coefficient (Wildman–Crippen LogP) is 5.23. The molecular weight excluding hydrogens is 438 g/mol. The van der Waals surface area contributed by atoms with Crippen molar-refractivity contribution in [3.05, 3.63) is 74.7 Å². The van der Waals surface area contributed by atoms with Gasteiger partial charge >= 0.3 is 0 Å². The second-order valence-electron chi connectivity index (χ2n) is 8.44. The number of hydrogen-bond acceptors (Lipinski definition) is 5. The molecule has 2 aromatic carbocycles. The summed E-state index contributed by atoms with van der Waals surface area (Å²) in [7, 11) is 0. The quantitative estimate of drug-likeness (QED) is 0.413. The van der Waals surface area contributed by atoms with Crippen molar-refractivity contribution in [3.63, 3.8) is 0 Å². The van der Waals surface area contributed by atoms with Crippen LogP contribution in [0.5, 0.6) is 0 Å². The first kappa shape index (κ1) is 22.7. The number of aryl methyl sites for hydroxylation is 4. The highest BCUT2D eigenvalue weighted by Gasteiger charge is 2.27. The van der Waals surface area contributed by atoms with E-state index >= 15 is 0 Å². The van der Waals surface area contributed by atoms with Crippen LogP contribution < -0.4 is 10.9 Å². The first-order valence-electron chi connectivity index (χ1n) is 10.6. The maximum Gasteiger partial charge on any atom is 0.272 e. The fraction of sp³-hybridized carbons (Fsp3) is 0.320. The van der Waals surface area contributed by atoms with Gasteiger partial charge in [0.1, 0.15) is 0 Å². The predicted molar refractivity (Wildman–Crippen MR) is 134 cm³/mol. The summed E-state index contributed by atoms with van der Waals surface area (Å²) in [6, 6.07) is 12.0. The summed E-state index contributed by atoms with van der Waals surface area (Å²) in [6.45, 7) is 10.2. The van der Waals surface area contributed by atoms with Gasteiger partial charge in [-0.1, -0.05) is 42.4 Å². The van der Waals surface area contributed by atoms with Gasteiger partial charge in [-0.25, -0.2) is 4.98 Å². The van der Waals surface area contributed by atoms with E-state index in [0.29, 0.717) is 10.4 Å².